The molecular formula is C10H16N4O2S. The van der Waals surface area contributed by atoms with Gasteiger partial charge >= 0.3 is 0 Å². The summed E-state index contributed by atoms with van der Waals surface area (Å²) in [6.07, 6.45) is 1.80. The maximum atomic E-state index is 11.9. The van der Waals surface area contributed by atoms with E-state index in [4.69, 9.17) is 5.26 Å². The van der Waals surface area contributed by atoms with E-state index >= 15 is 0 Å². The molecule has 0 fully saturated rings. The lowest BCUT2D eigenvalue weighted by Gasteiger charge is -2.05. The molecular weight excluding hydrogens is 240 g/mol. The molecule has 2 N–H and O–H groups in total. The molecule has 0 amide bonds. The van der Waals surface area contributed by atoms with Gasteiger partial charge in [0.05, 0.1) is 17.5 Å². The Bertz CT molecular complexity index is 493. The van der Waals surface area contributed by atoms with E-state index < -0.39 is 10.0 Å². The van der Waals surface area contributed by atoms with Crippen LogP contribution in [0.4, 0.5) is 0 Å². The Kier molecular flexibility index (Phi) is 4.66. The van der Waals surface area contributed by atoms with Gasteiger partial charge in [-0.2, -0.15) is 10.4 Å². The number of H-pyrrole nitrogens is 1. The fraction of sp³-hybridized carbons (Fsp3) is 0.600. The summed E-state index contributed by atoms with van der Waals surface area (Å²) in [5.74, 6) is 0. The Morgan fingerprint density at radius 2 is 2.12 bits per heavy atom. The molecule has 0 spiro atoms. The van der Waals surface area contributed by atoms with Crippen molar-refractivity contribution in [2.75, 3.05) is 6.54 Å². The number of aromatic amines is 1. The van der Waals surface area contributed by atoms with E-state index in [0.29, 0.717) is 37.2 Å². The van der Waals surface area contributed by atoms with Gasteiger partial charge in [-0.3, -0.25) is 5.10 Å². The van der Waals surface area contributed by atoms with Crippen LogP contribution in [0.25, 0.3) is 0 Å². The van der Waals surface area contributed by atoms with Crippen LogP contribution in [-0.2, 0) is 10.0 Å². The molecule has 0 saturated heterocycles. The Balaban J connectivity index is 2.62. The van der Waals surface area contributed by atoms with E-state index in [0.717, 1.165) is 0 Å². The Morgan fingerprint density at radius 3 is 2.65 bits per heavy atom. The molecule has 1 aromatic rings. The molecule has 17 heavy (non-hydrogen) atoms. The Morgan fingerprint density at radius 1 is 1.41 bits per heavy atom. The number of nitriles is 1. The lowest BCUT2D eigenvalue weighted by Crippen LogP contribution is -2.25. The highest BCUT2D eigenvalue weighted by molar-refractivity contribution is 7.89. The molecule has 0 aliphatic heterocycles. The number of rotatable bonds is 6. The predicted octanol–water partition coefficient (Wildman–Crippen LogP) is 0.999. The van der Waals surface area contributed by atoms with Gasteiger partial charge in [-0.05, 0) is 26.7 Å². The molecule has 6 nitrogen and oxygen atoms in total. The van der Waals surface area contributed by atoms with Crippen LogP contribution in [0.1, 0.15) is 30.7 Å². The summed E-state index contributed by atoms with van der Waals surface area (Å²) in [5, 5.41) is 14.8. The highest BCUT2D eigenvalue weighted by Gasteiger charge is 2.21. The van der Waals surface area contributed by atoms with Gasteiger partial charge in [0, 0.05) is 13.0 Å². The second-order valence-corrected chi connectivity index (χ2v) is 5.48. The van der Waals surface area contributed by atoms with Gasteiger partial charge in [-0.1, -0.05) is 0 Å². The number of aryl methyl sites for hydroxylation is 2. The lowest BCUT2D eigenvalue weighted by molar-refractivity contribution is 0.576. The SMILES string of the molecule is Cc1n[nH]c(C)c1S(=O)(=O)NCCCCC#N. The quantitative estimate of drug-likeness (QED) is 0.742. The van der Waals surface area contributed by atoms with E-state index in [1.165, 1.54) is 0 Å². The van der Waals surface area contributed by atoms with Crippen molar-refractivity contribution in [2.45, 2.75) is 38.0 Å². The van der Waals surface area contributed by atoms with E-state index in [1.807, 2.05) is 6.07 Å². The Labute approximate surface area is 101 Å². The van der Waals surface area contributed by atoms with Gasteiger partial charge < -0.3 is 0 Å². The second kappa shape index (κ2) is 5.80. The third-order valence-electron chi connectivity index (χ3n) is 2.34. The summed E-state index contributed by atoms with van der Waals surface area (Å²) in [4.78, 5) is 0.220. The molecule has 0 saturated carbocycles. The summed E-state index contributed by atoms with van der Waals surface area (Å²) >= 11 is 0. The molecule has 1 aromatic heterocycles. The van der Waals surface area contributed by atoms with Gasteiger partial charge in [0.2, 0.25) is 10.0 Å². The summed E-state index contributed by atoms with van der Waals surface area (Å²) < 4.78 is 26.4. The molecule has 0 atom stereocenters. The first kappa shape index (κ1) is 13.7. The van der Waals surface area contributed by atoms with Crippen molar-refractivity contribution >= 4 is 10.0 Å². The molecule has 0 bridgehead atoms. The number of nitrogens with one attached hydrogen (secondary N) is 2. The van der Waals surface area contributed by atoms with Gasteiger partial charge in [0.15, 0.2) is 0 Å². The van der Waals surface area contributed by atoms with E-state index in [9.17, 15) is 8.42 Å². The Hall–Kier alpha value is -1.39. The zero-order valence-corrected chi connectivity index (χ0v) is 10.8. The summed E-state index contributed by atoms with van der Waals surface area (Å²) in [6.45, 7) is 3.66. The van der Waals surface area contributed by atoms with E-state index in [1.54, 1.807) is 13.8 Å². The summed E-state index contributed by atoms with van der Waals surface area (Å²) in [7, 11) is -3.49. The summed E-state index contributed by atoms with van der Waals surface area (Å²) in [6, 6.07) is 2.02. The number of hydrogen-bond acceptors (Lipinski definition) is 4. The van der Waals surface area contributed by atoms with Crippen LogP contribution in [0.5, 0.6) is 0 Å². The third-order valence-corrected chi connectivity index (χ3v) is 4.06. The van der Waals surface area contributed by atoms with E-state index in [2.05, 4.69) is 14.9 Å². The van der Waals surface area contributed by atoms with Crippen molar-refractivity contribution in [1.82, 2.24) is 14.9 Å². The maximum Gasteiger partial charge on any atom is 0.244 e. The summed E-state index contributed by atoms with van der Waals surface area (Å²) in [5.41, 5.74) is 0.999. The van der Waals surface area contributed by atoms with Crippen molar-refractivity contribution in [3.8, 4) is 6.07 Å². The van der Waals surface area contributed by atoms with Crippen molar-refractivity contribution in [2.24, 2.45) is 0 Å². The molecule has 0 radical (unpaired) electrons. The number of hydrogen-bond donors (Lipinski definition) is 2. The number of nitrogens with zero attached hydrogens (tertiary/aromatic N) is 2. The van der Waals surface area contributed by atoms with Crippen LogP contribution in [0.3, 0.4) is 0 Å². The first-order valence-electron chi connectivity index (χ1n) is 5.37. The van der Waals surface area contributed by atoms with Crippen LogP contribution in [0, 0.1) is 25.2 Å². The standard InChI is InChI=1S/C10H16N4O2S/c1-8-10(9(2)14-13-8)17(15,16)12-7-5-3-4-6-11/h12H,3-5,7H2,1-2H3,(H,13,14). The van der Waals surface area contributed by atoms with Crippen molar-refractivity contribution in [3.63, 3.8) is 0 Å². The zero-order valence-electron chi connectivity index (χ0n) is 9.95. The molecule has 0 aliphatic rings. The topological polar surface area (TPSA) is 98.6 Å². The molecule has 0 unspecified atom stereocenters. The third kappa shape index (κ3) is 3.54. The predicted molar refractivity (Wildman–Crippen MR) is 62.7 cm³/mol. The van der Waals surface area contributed by atoms with E-state index in [-0.39, 0.29) is 4.90 Å². The fourth-order valence-corrected chi connectivity index (χ4v) is 2.99. The lowest BCUT2D eigenvalue weighted by atomic mass is 10.2. The molecule has 1 rings (SSSR count). The monoisotopic (exact) mass is 256 g/mol. The maximum absolute atomic E-state index is 11.9. The van der Waals surface area contributed by atoms with Crippen LogP contribution in [0.2, 0.25) is 0 Å². The van der Waals surface area contributed by atoms with Crippen molar-refractivity contribution in [1.29, 1.82) is 5.26 Å². The van der Waals surface area contributed by atoms with Crippen LogP contribution >= 0.6 is 0 Å². The minimum atomic E-state index is -3.49. The molecule has 0 aromatic carbocycles. The van der Waals surface area contributed by atoms with Crippen LogP contribution in [-0.4, -0.2) is 25.2 Å². The normalized spacial score (nSPS) is 11.4. The van der Waals surface area contributed by atoms with Gasteiger partial charge in [-0.15, -0.1) is 0 Å². The fourth-order valence-electron chi connectivity index (χ4n) is 1.54. The first-order valence-corrected chi connectivity index (χ1v) is 6.85. The average Bonchev–Trinajstić information content (AvgIpc) is 2.58. The first-order chi connectivity index (χ1) is 7.99. The molecule has 0 aliphatic carbocycles. The van der Waals surface area contributed by atoms with Crippen molar-refractivity contribution in [3.05, 3.63) is 11.4 Å². The van der Waals surface area contributed by atoms with Crippen molar-refractivity contribution < 1.29 is 8.42 Å². The number of aromatic nitrogens is 2. The molecule has 94 valence electrons. The van der Waals surface area contributed by atoms with Crippen LogP contribution < -0.4 is 4.72 Å². The van der Waals surface area contributed by atoms with Crippen LogP contribution in [0.15, 0.2) is 4.90 Å². The smallest absolute Gasteiger partial charge is 0.244 e. The minimum absolute atomic E-state index is 0.220. The largest absolute Gasteiger partial charge is 0.281 e. The van der Waals surface area contributed by atoms with Gasteiger partial charge in [0.1, 0.15) is 4.90 Å². The minimum Gasteiger partial charge on any atom is -0.281 e. The number of sulfonamides is 1. The number of unbranched alkanes of at least 4 members (excludes halogenated alkanes) is 2. The highest BCUT2D eigenvalue weighted by Crippen LogP contribution is 2.16. The molecule has 1 heterocycles. The zero-order chi connectivity index (χ0) is 12.9. The van der Waals surface area contributed by atoms with Gasteiger partial charge in [-0.25, -0.2) is 13.1 Å². The molecule has 7 heteroatoms. The van der Waals surface area contributed by atoms with Gasteiger partial charge in [0.25, 0.3) is 0 Å². The second-order valence-electron chi connectivity index (χ2n) is 3.78. The average molecular weight is 256 g/mol. The highest BCUT2D eigenvalue weighted by atomic mass is 32.2.